The van der Waals surface area contributed by atoms with Crippen molar-refractivity contribution in [3.63, 3.8) is 0 Å². The van der Waals surface area contributed by atoms with Crippen LogP contribution in [0.4, 0.5) is 11.4 Å². The number of benzene rings is 6. The maximum Gasteiger partial charge on any atom is 0.150 e. The SMILES string of the molecule is Nc1ccccc1O.O=Cc1cccc2ccccc12.Oc1ccccc1N=Cc1cccc2ccccc12. The number of anilines is 1. The number of aromatic hydroxyl groups is 2. The molecule has 0 aliphatic heterocycles. The van der Waals surface area contributed by atoms with Gasteiger partial charge in [0.2, 0.25) is 0 Å². The fourth-order valence-electron chi connectivity index (χ4n) is 3.92. The van der Waals surface area contributed by atoms with Gasteiger partial charge in [0, 0.05) is 17.3 Å². The summed E-state index contributed by atoms with van der Waals surface area (Å²) >= 11 is 0. The van der Waals surface area contributed by atoms with Gasteiger partial charge in [-0.15, -0.1) is 0 Å². The first-order valence-corrected chi connectivity index (χ1v) is 12.3. The molecule has 0 saturated carbocycles. The van der Waals surface area contributed by atoms with E-state index < -0.39 is 0 Å². The predicted octanol–water partition coefficient (Wildman–Crippen LogP) is 7.92. The number of rotatable bonds is 3. The third-order valence-corrected chi connectivity index (χ3v) is 5.93. The highest BCUT2D eigenvalue weighted by Crippen LogP contribution is 2.25. The summed E-state index contributed by atoms with van der Waals surface area (Å²) in [5.41, 5.74) is 8.07. The van der Waals surface area contributed by atoms with Gasteiger partial charge in [0.05, 0.1) is 5.69 Å². The van der Waals surface area contributed by atoms with Gasteiger partial charge in [0.25, 0.3) is 0 Å². The van der Waals surface area contributed by atoms with Crippen LogP contribution in [0.1, 0.15) is 15.9 Å². The number of aliphatic imine (C=N–C) groups is 1. The van der Waals surface area contributed by atoms with Crippen LogP contribution in [0.15, 0.2) is 138 Å². The highest BCUT2D eigenvalue weighted by atomic mass is 16.3. The minimum atomic E-state index is 0.146. The van der Waals surface area contributed by atoms with Crippen LogP contribution in [0.25, 0.3) is 21.5 Å². The van der Waals surface area contributed by atoms with Gasteiger partial charge in [0.1, 0.15) is 17.2 Å². The van der Waals surface area contributed by atoms with Crippen LogP contribution in [0.5, 0.6) is 11.5 Å². The Labute approximate surface area is 227 Å². The first kappa shape index (κ1) is 26.6. The van der Waals surface area contributed by atoms with Crippen molar-refractivity contribution < 1.29 is 15.0 Å². The highest BCUT2D eigenvalue weighted by molar-refractivity contribution is 6.00. The number of phenolic OH excluding ortho intramolecular Hbond substituents is 2. The number of carbonyl (C=O) groups excluding carboxylic acids is 1. The van der Waals surface area contributed by atoms with Gasteiger partial charge in [0.15, 0.2) is 6.29 Å². The zero-order chi connectivity index (χ0) is 27.5. The Kier molecular flexibility index (Phi) is 9.03. The molecule has 0 amide bonds. The molecule has 0 atom stereocenters. The van der Waals surface area contributed by atoms with E-state index in [9.17, 15) is 9.90 Å². The second kappa shape index (κ2) is 13.2. The highest BCUT2D eigenvalue weighted by Gasteiger charge is 1.99. The third kappa shape index (κ3) is 7.08. The van der Waals surface area contributed by atoms with Crippen molar-refractivity contribution in [2.24, 2.45) is 4.99 Å². The number of hydrogen-bond donors (Lipinski definition) is 3. The smallest absolute Gasteiger partial charge is 0.150 e. The molecule has 4 N–H and O–H groups in total. The average Bonchev–Trinajstić information content (AvgIpc) is 2.98. The van der Waals surface area contributed by atoms with E-state index in [0.717, 1.165) is 33.6 Å². The normalized spacial score (nSPS) is 10.4. The van der Waals surface area contributed by atoms with Crippen LogP contribution >= 0.6 is 0 Å². The summed E-state index contributed by atoms with van der Waals surface area (Å²) in [6.07, 6.45) is 2.68. The molecule has 0 unspecified atom stereocenters. The largest absolute Gasteiger partial charge is 0.506 e. The average molecular weight is 513 g/mol. The zero-order valence-corrected chi connectivity index (χ0v) is 21.2. The fourth-order valence-corrected chi connectivity index (χ4v) is 3.92. The molecule has 192 valence electrons. The summed E-state index contributed by atoms with van der Waals surface area (Å²) in [4.78, 5) is 15.0. The van der Waals surface area contributed by atoms with Crippen molar-refractivity contribution in [2.45, 2.75) is 0 Å². The lowest BCUT2D eigenvalue weighted by Crippen LogP contribution is -1.83. The van der Waals surface area contributed by atoms with Crippen molar-refractivity contribution in [3.05, 3.63) is 145 Å². The lowest BCUT2D eigenvalue weighted by Gasteiger charge is -2.01. The molecule has 6 rings (SSSR count). The van der Waals surface area contributed by atoms with Crippen LogP contribution in [0.2, 0.25) is 0 Å². The second-order valence-corrected chi connectivity index (χ2v) is 8.56. The standard InChI is InChI=1S/C17H13NO.C11H8O.C6H7NO/c19-17-11-4-3-10-16(17)18-12-14-8-5-7-13-6-1-2-9-15(13)14;12-8-10-6-3-5-9-4-1-2-7-11(9)10;7-5-3-1-2-4-6(5)8/h1-12,19H;1-8H;1-4,8H,7H2. The second-order valence-electron chi connectivity index (χ2n) is 8.56. The number of phenols is 2. The fraction of sp³-hybridized carbons (Fsp3) is 0. The molecule has 0 bridgehead atoms. The Bertz CT molecular complexity index is 1700. The first-order valence-electron chi connectivity index (χ1n) is 12.3. The lowest BCUT2D eigenvalue weighted by molar-refractivity contribution is 0.112. The van der Waals surface area contributed by atoms with Crippen LogP contribution in [0.3, 0.4) is 0 Å². The minimum absolute atomic E-state index is 0.146. The molecule has 6 aromatic rings. The van der Waals surface area contributed by atoms with Gasteiger partial charge in [-0.3, -0.25) is 9.79 Å². The topological polar surface area (TPSA) is 95.9 Å². The van der Waals surface area contributed by atoms with E-state index in [1.807, 2.05) is 72.8 Å². The molecular formula is C34H28N2O3. The molecule has 39 heavy (non-hydrogen) atoms. The van der Waals surface area contributed by atoms with Gasteiger partial charge in [-0.05, 0) is 45.8 Å². The third-order valence-electron chi connectivity index (χ3n) is 5.93. The Hall–Kier alpha value is -5.42. The maximum absolute atomic E-state index is 10.6. The van der Waals surface area contributed by atoms with Crippen LogP contribution in [0, 0.1) is 0 Å². The monoisotopic (exact) mass is 512 g/mol. The quantitative estimate of drug-likeness (QED) is 0.0971. The van der Waals surface area contributed by atoms with E-state index in [4.69, 9.17) is 10.8 Å². The minimum Gasteiger partial charge on any atom is -0.506 e. The predicted molar refractivity (Wildman–Crippen MR) is 161 cm³/mol. The number of nitrogen functional groups attached to an aromatic ring is 1. The van der Waals surface area contributed by atoms with E-state index in [-0.39, 0.29) is 11.5 Å². The lowest BCUT2D eigenvalue weighted by atomic mass is 10.1. The van der Waals surface area contributed by atoms with Crippen molar-refractivity contribution in [3.8, 4) is 11.5 Å². The van der Waals surface area contributed by atoms with Gasteiger partial charge >= 0.3 is 0 Å². The van der Waals surface area contributed by atoms with Crippen molar-refractivity contribution >= 4 is 45.4 Å². The van der Waals surface area contributed by atoms with Crippen molar-refractivity contribution in [1.29, 1.82) is 0 Å². The molecule has 5 heteroatoms. The molecule has 5 nitrogen and oxygen atoms in total. The van der Waals surface area contributed by atoms with Crippen LogP contribution in [-0.2, 0) is 0 Å². The molecule has 0 aliphatic rings. The summed E-state index contributed by atoms with van der Waals surface area (Å²) in [5.74, 6) is 0.339. The van der Waals surface area contributed by atoms with E-state index >= 15 is 0 Å². The van der Waals surface area contributed by atoms with Gasteiger partial charge in [-0.1, -0.05) is 109 Å². The Balaban J connectivity index is 0.000000150. The summed E-state index contributed by atoms with van der Waals surface area (Å²) in [5, 5.41) is 23.0. The zero-order valence-electron chi connectivity index (χ0n) is 21.2. The molecule has 6 aromatic carbocycles. The van der Waals surface area contributed by atoms with Crippen molar-refractivity contribution in [1.82, 2.24) is 0 Å². The number of carbonyl (C=O) groups is 1. The molecule has 0 aromatic heterocycles. The Morgan fingerprint density at radius 1 is 0.538 bits per heavy atom. The van der Waals surface area contributed by atoms with E-state index in [0.29, 0.717) is 11.4 Å². The van der Waals surface area contributed by atoms with Gasteiger partial charge < -0.3 is 15.9 Å². The van der Waals surface area contributed by atoms with Crippen LogP contribution < -0.4 is 5.73 Å². The number of fused-ring (bicyclic) bond motifs is 2. The molecule has 0 saturated heterocycles. The summed E-state index contributed by atoms with van der Waals surface area (Å²) in [6, 6.07) is 41.6. The molecule has 0 fully saturated rings. The number of hydrogen-bond acceptors (Lipinski definition) is 5. The van der Waals surface area contributed by atoms with Crippen molar-refractivity contribution in [2.75, 3.05) is 5.73 Å². The number of nitrogens with two attached hydrogens (primary N) is 1. The van der Waals surface area contributed by atoms with E-state index in [1.54, 1.807) is 48.7 Å². The van der Waals surface area contributed by atoms with Gasteiger partial charge in [-0.2, -0.15) is 0 Å². The molecule has 0 aliphatic carbocycles. The summed E-state index contributed by atoms with van der Waals surface area (Å²) < 4.78 is 0. The molecule has 0 heterocycles. The summed E-state index contributed by atoms with van der Waals surface area (Å²) in [6.45, 7) is 0. The van der Waals surface area contributed by atoms with Crippen LogP contribution in [-0.4, -0.2) is 22.7 Å². The number of para-hydroxylation sites is 4. The van der Waals surface area contributed by atoms with Gasteiger partial charge in [-0.25, -0.2) is 0 Å². The van der Waals surface area contributed by atoms with E-state index in [2.05, 4.69) is 23.2 Å². The van der Waals surface area contributed by atoms with E-state index in [1.165, 1.54) is 5.39 Å². The Morgan fingerprint density at radius 3 is 1.59 bits per heavy atom. The maximum atomic E-state index is 10.6. The molecule has 0 spiro atoms. The molecule has 0 radical (unpaired) electrons. The molecular weight excluding hydrogens is 484 g/mol. The number of aldehydes is 1. The first-order chi connectivity index (χ1) is 19.1. The number of nitrogens with zero attached hydrogens (tertiary/aromatic N) is 1. The Morgan fingerprint density at radius 2 is 1.03 bits per heavy atom. The summed E-state index contributed by atoms with van der Waals surface area (Å²) in [7, 11) is 0.